The van der Waals surface area contributed by atoms with Gasteiger partial charge in [0.25, 0.3) is 6.26 Å². The van der Waals surface area contributed by atoms with Crippen molar-refractivity contribution in [3.05, 3.63) is 0 Å². The van der Waals surface area contributed by atoms with Gasteiger partial charge in [0, 0.05) is 0 Å². The minimum atomic E-state index is -0.258. The van der Waals surface area contributed by atoms with Crippen LogP contribution in [0.4, 0.5) is 0 Å². The molecule has 0 amide bonds. The molecule has 1 atom stereocenters. The molecule has 0 aromatic heterocycles. The number of aliphatic imine (C=N–C) groups is 1. The Hall–Kier alpha value is -1.33. The fraction of sp³-hybridized carbons (Fsp3) is 0.846. The van der Waals surface area contributed by atoms with Gasteiger partial charge in [0.2, 0.25) is 6.08 Å². The summed E-state index contributed by atoms with van der Waals surface area (Å²) < 4.78 is 5.13. The van der Waals surface area contributed by atoms with Crippen LogP contribution in [0.3, 0.4) is 0 Å². The maximum Gasteiger partial charge on any atom is 0.286 e. The normalized spacial score (nSPS) is 29.8. The van der Waals surface area contributed by atoms with Crippen LogP contribution in [0.15, 0.2) is 4.99 Å². The van der Waals surface area contributed by atoms with E-state index in [0.717, 1.165) is 32.1 Å². The molecule has 17 heavy (non-hydrogen) atoms. The van der Waals surface area contributed by atoms with Gasteiger partial charge >= 0.3 is 0 Å². The average Bonchev–Trinajstić information content (AvgIpc) is 2.30. The number of hydrogen-bond acceptors (Lipinski definition) is 4. The van der Waals surface area contributed by atoms with E-state index in [-0.39, 0.29) is 5.60 Å². The maximum absolute atomic E-state index is 9.98. The maximum atomic E-state index is 9.98. The van der Waals surface area contributed by atoms with Crippen LogP contribution in [0.1, 0.15) is 46.0 Å². The molecule has 1 unspecified atom stereocenters. The number of ether oxygens (including phenoxy) is 1. The van der Waals surface area contributed by atoms with E-state index in [9.17, 15) is 4.79 Å². The predicted octanol–water partition coefficient (Wildman–Crippen LogP) is 2.79. The number of hydrogen-bond donors (Lipinski definition) is 0. The van der Waals surface area contributed by atoms with E-state index >= 15 is 0 Å². The zero-order valence-corrected chi connectivity index (χ0v) is 10.6. The third kappa shape index (κ3) is 4.20. The lowest BCUT2D eigenvalue weighted by molar-refractivity contribution is -0.00347. The standard InChI is InChI=1S/C13H20N2O2/c1-11(5-8-15-10-16)12-3-6-13(2,7-4-12)17-9-14/h11-12H,3-8H2,1-2H3. The Kier molecular flexibility index (Phi) is 5.18. The number of isocyanates is 1. The fourth-order valence-electron chi connectivity index (χ4n) is 2.58. The highest BCUT2D eigenvalue weighted by atomic mass is 16.5. The van der Waals surface area contributed by atoms with Crippen molar-refractivity contribution in [2.24, 2.45) is 16.8 Å². The molecule has 1 saturated carbocycles. The molecular weight excluding hydrogens is 216 g/mol. The Balaban J connectivity index is 2.36. The Morgan fingerprint density at radius 3 is 2.71 bits per heavy atom. The summed E-state index contributed by atoms with van der Waals surface area (Å²) >= 11 is 0. The number of nitrogens with zero attached hydrogens (tertiary/aromatic N) is 2. The first-order valence-corrected chi connectivity index (χ1v) is 6.22. The molecule has 0 N–H and O–H groups in total. The van der Waals surface area contributed by atoms with Gasteiger partial charge in [-0.1, -0.05) is 6.92 Å². The van der Waals surface area contributed by atoms with Gasteiger partial charge in [-0.2, -0.15) is 5.26 Å². The second-order valence-corrected chi connectivity index (χ2v) is 5.22. The van der Waals surface area contributed by atoms with Crippen LogP contribution in [0.2, 0.25) is 0 Å². The summed E-state index contributed by atoms with van der Waals surface area (Å²) in [7, 11) is 0. The van der Waals surface area contributed by atoms with E-state index in [2.05, 4.69) is 11.9 Å². The van der Waals surface area contributed by atoms with Crippen LogP contribution in [-0.4, -0.2) is 18.2 Å². The highest BCUT2D eigenvalue weighted by Gasteiger charge is 2.34. The summed E-state index contributed by atoms with van der Waals surface area (Å²) in [5.41, 5.74) is -0.258. The summed E-state index contributed by atoms with van der Waals surface area (Å²) in [6.45, 7) is 4.79. The van der Waals surface area contributed by atoms with Crippen LogP contribution in [0, 0.1) is 23.4 Å². The molecule has 0 aromatic carbocycles. The van der Waals surface area contributed by atoms with Crippen molar-refractivity contribution >= 4 is 6.08 Å². The first-order valence-electron chi connectivity index (χ1n) is 6.22. The molecule has 94 valence electrons. The van der Waals surface area contributed by atoms with Crippen LogP contribution in [0.25, 0.3) is 0 Å². The SMILES string of the molecule is CC(CCN=C=O)C1CCC(C)(OC#N)CC1. The van der Waals surface area contributed by atoms with E-state index < -0.39 is 0 Å². The van der Waals surface area contributed by atoms with E-state index in [0.29, 0.717) is 18.4 Å². The number of rotatable bonds is 5. The highest BCUT2D eigenvalue weighted by molar-refractivity contribution is 5.32. The predicted molar refractivity (Wildman–Crippen MR) is 63.8 cm³/mol. The van der Waals surface area contributed by atoms with Crippen LogP contribution < -0.4 is 0 Å². The van der Waals surface area contributed by atoms with E-state index in [1.54, 1.807) is 12.3 Å². The quantitative estimate of drug-likeness (QED) is 0.419. The monoisotopic (exact) mass is 236 g/mol. The molecule has 0 radical (unpaired) electrons. The lowest BCUT2D eigenvalue weighted by Crippen LogP contribution is -2.34. The lowest BCUT2D eigenvalue weighted by Gasteiger charge is -2.37. The molecule has 0 aromatic rings. The Morgan fingerprint density at radius 2 is 2.18 bits per heavy atom. The van der Waals surface area contributed by atoms with Crippen LogP contribution in [0.5, 0.6) is 0 Å². The van der Waals surface area contributed by atoms with Gasteiger partial charge in [-0.3, -0.25) is 0 Å². The third-order valence-corrected chi connectivity index (χ3v) is 3.95. The Morgan fingerprint density at radius 1 is 1.53 bits per heavy atom. The van der Waals surface area contributed by atoms with E-state index in [1.807, 2.05) is 6.92 Å². The Bertz CT molecular complexity index is 321. The van der Waals surface area contributed by atoms with Crippen LogP contribution in [-0.2, 0) is 9.53 Å². The van der Waals surface area contributed by atoms with Gasteiger partial charge in [-0.15, -0.1) is 0 Å². The minimum absolute atomic E-state index is 0.258. The molecule has 1 rings (SSSR count). The molecule has 4 nitrogen and oxygen atoms in total. The summed E-state index contributed by atoms with van der Waals surface area (Å²) in [6, 6.07) is 0. The smallest absolute Gasteiger partial charge is 0.286 e. The van der Waals surface area contributed by atoms with E-state index in [1.165, 1.54) is 0 Å². The van der Waals surface area contributed by atoms with Gasteiger partial charge in [0.05, 0.1) is 6.54 Å². The zero-order chi connectivity index (χ0) is 12.7. The summed E-state index contributed by atoms with van der Waals surface area (Å²) in [4.78, 5) is 13.6. The molecule has 0 aliphatic heterocycles. The number of nitriles is 1. The van der Waals surface area contributed by atoms with Gasteiger partial charge < -0.3 is 4.74 Å². The lowest BCUT2D eigenvalue weighted by atomic mass is 9.74. The van der Waals surface area contributed by atoms with Crippen molar-refractivity contribution in [1.29, 1.82) is 5.26 Å². The molecule has 1 aliphatic carbocycles. The average molecular weight is 236 g/mol. The second-order valence-electron chi connectivity index (χ2n) is 5.22. The summed E-state index contributed by atoms with van der Waals surface area (Å²) in [5.74, 6) is 1.23. The highest BCUT2D eigenvalue weighted by Crippen LogP contribution is 2.38. The first kappa shape index (κ1) is 13.7. The molecule has 1 fully saturated rings. The van der Waals surface area contributed by atoms with Crippen molar-refractivity contribution < 1.29 is 9.53 Å². The molecule has 0 saturated heterocycles. The molecular formula is C13H20N2O2. The van der Waals surface area contributed by atoms with Gasteiger partial charge in [-0.25, -0.2) is 9.79 Å². The number of carbonyl (C=O) groups excluding carboxylic acids is 1. The molecule has 1 aliphatic rings. The largest absolute Gasteiger partial charge is 0.421 e. The van der Waals surface area contributed by atoms with Gasteiger partial charge in [-0.05, 0) is 50.9 Å². The molecule has 0 spiro atoms. The molecule has 0 heterocycles. The first-order chi connectivity index (χ1) is 8.11. The van der Waals surface area contributed by atoms with E-state index in [4.69, 9.17) is 10.00 Å². The third-order valence-electron chi connectivity index (χ3n) is 3.95. The molecule has 0 bridgehead atoms. The summed E-state index contributed by atoms with van der Waals surface area (Å²) in [5, 5.41) is 8.58. The zero-order valence-electron chi connectivity index (χ0n) is 10.6. The van der Waals surface area contributed by atoms with Crippen molar-refractivity contribution in [1.82, 2.24) is 0 Å². The fourth-order valence-corrected chi connectivity index (χ4v) is 2.58. The van der Waals surface area contributed by atoms with Crippen LogP contribution >= 0.6 is 0 Å². The van der Waals surface area contributed by atoms with Crippen molar-refractivity contribution in [2.75, 3.05) is 6.54 Å². The molecule has 4 heteroatoms. The topological polar surface area (TPSA) is 62.4 Å². The summed E-state index contributed by atoms with van der Waals surface area (Å²) in [6.07, 6.45) is 8.37. The minimum Gasteiger partial charge on any atom is -0.421 e. The Labute approximate surface area is 103 Å². The van der Waals surface area contributed by atoms with Crippen molar-refractivity contribution in [3.8, 4) is 6.26 Å². The van der Waals surface area contributed by atoms with Gasteiger partial charge in [0.1, 0.15) is 5.60 Å². The van der Waals surface area contributed by atoms with Crippen molar-refractivity contribution in [2.45, 2.75) is 51.6 Å². The van der Waals surface area contributed by atoms with Gasteiger partial charge in [0.15, 0.2) is 0 Å². The second kappa shape index (κ2) is 6.42. The van der Waals surface area contributed by atoms with Crippen molar-refractivity contribution in [3.63, 3.8) is 0 Å².